The number of hydrazine groups is 1. The standard InChI is InChI=1S/C25H46N8O3S/c1-24(2)9-19-25(3,15-36-24)18-11-26-23(28-16-10-27-32(12-16)17-13-35-14-17)30-22(18)33(19)21-8-6-7-20(29-21)31-37(4,5)34/h6-7,16-23,26-30H,8-15H2,1-5H3/t16?,18?,19-,20?,21?,22?,23?,25-/m1/s1. The molecule has 5 fully saturated rings. The topological polar surface area (TPSA) is 115 Å². The first-order valence-electron chi connectivity index (χ1n) is 13.8. The molecule has 0 aliphatic carbocycles. The van der Waals surface area contributed by atoms with Crippen LogP contribution in [0.5, 0.6) is 0 Å². The van der Waals surface area contributed by atoms with Crippen LogP contribution in [0.2, 0.25) is 0 Å². The van der Waals surface area contributed by atoms with E-state index in [2.05, 4.69) is 73.9 Å². The van der Waals surface area contributed by atoms with Gasteiger partial charge >= 0.3 is 0 Å². The summed E-state index contributed by atoms with van der Waals surface area (Å²) in [5.41, 5.74) is 3.40. The van der Waals surface area contributed by atoms with Crippen molar-refractivity contribution >= 4 is 9.73 Å². The molecule has 8 atom stereocenters. The third kappa shape index (κ3) is 5.27. The smallest absolute Gasteiger partial charge is 0.129 e. The van der Waals surface area contributed by atoms with Gasteiger partial charge in [-0.25, -0.2) is 9.37 Å². The Morgan fingerprint density at radius 3 is 2.70 bits per heavy atom. The molecule has 6 unspecified atom stereocenters. The minimum Gasteiger partial charge on any atom is -0.378 e. The second-order valence-electron chi connectivity index (χ2n) is 12.9. The first kappa shape index (κ1) is 26.5. The van der Waals surface area contributed by atoms with Crippen molar-refractivity contribution in [2.75, 3.05) is 52.0 Å². The Bertz CT molecular complexity index is 1010. The zero-order valence-corrected chi connectivity index (χ0v) is 23.7. The van der Waals surface area contributed by atoms with E-state index in [-0.39, 0.29) is 35.8 Å². The fourth-order valence-electron chi connectivity index (χ4n) is 7.13. The minimum absolute atomic E-state index is 0.0236. The van der Waals surface area contributed by atoms with E-state index in [1.165, 1.54) is 0 Å². The summed E-state index contributed by atoms with van der Waals surface area (Å²) in [6.07, 6.45) is 9.63. The third-order valence-electron chi connectivity index (χ3n) is 9.20. The molecule has 0 aromatic rings. The van der Waals surface area contributed by atoms with E-state index in [1.54, 1.807) is 12.5 Å². The molecule has 6 aliphatic heterocycles. The fourth-order valence-corrected chi connectivity index (χ4v) is 7.81. The average Bonchev–Trinajstić information content (AvgIpc) is 3.31. The number of nitrogens with zero attached hydrogens (tertiary/aromatic N) is 3. The van der Waals surface area contributed by atoms with Crippen LogP contribution in [0.1, 0.15) is 33.6 Å². The third-order valence-corrected chi connectivity index (χ3v) is 9.93. The molecular formula is C25H46N8O3S. The van der Waals surface area contributed by atoms with Gasteiger partial charge in [0.2, 0.25) is 0 Å². The van der Waals surface area contributed by atoms with E-state index in [9.17, 15) is 4.21 Å². The molecular weight excluding hydrogens is 492 g/mol. The quantitative estimate of drug-likeness (QED) is 0.291. The SMILES string of the molecule is CC1(C)C[C@H]2N(C3CC=CC(N=S(C)(C)=O)N3)C3NC(NC4CNN(C5COC5)C4)NCC3[C@@]2(C)CO1. The molecule has 0 amide bonds. The Balaban J connectivity index is 1.21. The number of hydrogen-bond donors (Lipinski definition) is 5. The lowest BCUT2D eigenvalue weighted by atomic mass is 9.69. The summed E-state index contributed by atoms with van der Waals surface area (Å²) in [7, 11) is -2.21. The van der Waals surface area contributed by atoms with Gasteiger partial charge in [0.15, 0.2) is 0 Å². The van der Waals surface area contributed by atoms with Crippen LogP contribution in [0.3, 0.4) is 0 Å². The summed E-state index contributed by atoms with van der Waals surface area (Å²) in [6.45, 7) is 12.0. The van der Waals surface area contributed by atoms with Crippen LogP contribution in [-0.4, -0.2) is 115 Å². The summed E-state index contributed by atoms with van der Waals surface area (Å²) in [6, 6.07) is 1.21. The Morgan fingerprint density at radius 1 is 1.16 bits per heavy atom. The van der Waals surface area contributed by atoms with Crippen molar-refractivity contribution in [3.63, 3.8) is 0 Å². The molecule has 210 valence electrons. The zero-order valence-electron chi connectivity index (χ0n) is 22.9. The van der Waals surface area contributed by atoms with Crippen molar-refractivity contribution in [2.45, 2.75) is 82.1 Å². The Labute approximate surface area is 222 Å². The van der Waals surface area contributed by atoms with Crippen LogP contribution in [0.15, 0.2) is 16.5 Å². The van der Waals surface area contributed by atoms with E-state index in [1.807, 2.05) is 0 Å². The van der Waals surface area contributed by atoms with E-state index in [0.717, 1.165) is 52.3 Å². The van der Waals surface area contributed by atoms with E-state index in [0.29, 0.717) is 24.0 Å². The number of hydrogen-bond acceptors (Lipinski definition) is 11. The molecule has 0 aromatic heterocycles. The van der Waals surface area contributed by atoms with Crippen LogP contribution in [0, 0.1) is 11.3 Å². The summed E-state index contributed by atoms with van der Waals surface area (Å²) >= 11 is 0. The van der Waals surface area contributed by atoms with Gasteiger partial charge in [-0.05, 0) is 32.8 Å². The minimum atomic E-state index is -2.21. The first-order valence-corrected chi connectivity index (χ1v) is 16.2. The van der Waals surface area contributed by atoms with Gasteiger partial charge in [-0.3, -0.25) is 35.8 Å². The van der Waals surface area contributed by atoms with E-state index < -0.39 is 9.73 Å². The fraction of sp³-hybridized carbons (Fsp3) is 0.920. The summed E-state index contributed by atoms with van der Waals surface area (Å²) in [5.74, 6) is 0.404. The van der Waals surface area contributed by atoms with Gasteiger partial charge in [0.1, 0.15) is 12.5 Å². The summed E-state index contributed by atoms with van der Waals surface area (Å²) < 4.78 is 28.8. The van der Waals surface area contributed by atoms with Crippen LogP contribution >= 0.6 is 0 Å². The lowest BCUT2D eigenvalue weighted by molar-refractivity contribution is -0.140. The molecule has 6 heterocycles. The second kappa shape index (κ2) is 9.76. The van der Waals surface area contributed by atoms with Crippen LogP contribution in [0.25, 0.3) is 0 Å². The number of likely N-dealkylation sites (tertiary alicyclic amines) is 1. The van der Waals surface area contributed by atoms with Gasteiger partial charge in [-0.1, -0.05) is 13.0 Å². The Morgan fingerprint density at radius 2 is 1.97 bits per heavy atom. The monoisotopic (exact) mass is 538 g/mol. The van der Waals surface area contributed by atoms with Gasteiger partial charge in [0.05, 0.1) is 43.8 Å². The zero-order chi connectivity index (χ0) is 26.0. The van der Waals surface area contributed by atoms with Gasteiger partial charge in [-0.2, -0.15) is 0 Å². The maximum Gasteiger partial charge on any atom is 0.129 e. The number of nitrogens with one attached hydrogen (secondary N) is 5. The predicted octanol–water partition coefficient (Wildman–Crippen LogP) is -0.599. The highest BCUT2D eigenvalue weighted by Crippen LogP contribution is 2.52. The summed E-state index contributed by atoms with van der Waals surface area (Å²) in [4.78, 5) is 2.68. The lowest BCUT2D eigenvalue weighted by Crippen LogP contribution is -2.70. The van der Waals surface area contributed by atoms with Crippen LogP contribution in [-0.2, 0) is 19.2 Å². The van der Waals surface area contributed by atoms with Crippen molar-refractivity contribution < 1.29 is 13.7 Å². The highest BCUT2D eigenvalue weighted by molar-refractivity contribution is 7.92. The van der Waals surface area contributed by atoms with Crippen molar-refractivity contribution in [2.24, 2.45) is 15.7 Å². The molecule has 6 aliphatic rings. The van der Waals surface area contributed by atoms with Crippen molar-refractivity contribution in [1.29, 1.82) is 0 Å². The molecule has 0 radical (unpaired) electrons. The molecule has 0 spiro atoms. The van der Waals surface area contributed by atoms with E-state index >= 15 is 0 Å². The van der Waals surface area contributed by atoms with Gasteiger partial charge < -0.3 is 9.47 Å². The molecule has 0 saturated carbocycles. The van der Waals surface area contributed by atoms with Crippen LogP contribution < -0.4 is 26.7 Å². The Hall–Kier alpha value is -0.670. The maximum absolute atomic E-state index is 12.5. The molecule has 5 saturated heterocycles. The summed E-state index contributed by atoms with van der Waals surface area (Å²) in [5, 5.41) is 17.6. The molecule has 37 heavy (non-hydrogen) atoms. The van der Waals surface area contributed by atoms with Crippen molar-refractivity contribution in [1.82, 2.24) is 36.6 Å². The number of fused-ring (bicyclic) bond motifs is 3. The second-order valence-corrected chi connectivity index (χ2v) is 15.5. The van der Waals surface area contributed by atoms with E-state index in [4.69, 9.17) is 9.47 Å². The maximum atomic E-state index is 12.5. The highest BCUT2D eigenvalue weighted by atomic mass is 32.2. The van der Waals surface area contributed by atoms with Crippen molar-refractivity contribution in [3.05, 3.63) is 12.2 Å². The predicted molar refractivity (Wildman–Crippen MR) is 144 cm³/mol. The average molecular weight is 539 g/mol. The largest absolute Gasteiger partial charge is 0.378 e. The first-order chi connectivity index (χ1) is 17.5. The van der Waals surface area contributed by atoms with Gasteiger partial charge in [-0.15, -0.1) is 0 Å². The normalized spacial score (nSPS) is 44.8. The molecule has 0 bridgehead atoms. The number of rotatable bonds is 5. The highest BCUT2D eigenvalue weighted by Gasteiger charge is 2.62. The lowest BCUT2D eigenvalue weighted by Gasteiger charge is -2.49. The van der Waals surface area contributed by atoms with Gasteiger partial charge in [0.25, 0.3) is 0 Å². The molecule has 5 N–H and O–H groups in total. The molecule has 0 aromatic carbocycles. The van der Waals surface area contributed by atoms with Crippen molar-refractivity contribution in [3.8, 4) is 0 Å². The van der Waals surface area contributed by atoms with Gasteiger partial charge in [0, 0.05) is 65.3 Å². The van der Waals surface area contributed by atoms with Crippen LogP contribution in [0.4, 0.5) is 0 Å². The number of ether oxygens (including phenoxy) is 2. The molecule has 11 nitrogen and oxygen atoms in total. The Kier molecular flexibility index (Phi) is 7.00. The molecule has 6 rings (SSSR count). The molecule has 12 heteroatoms.